The van der Waals surface area contributed by atoms with Gasteiger partial charge in [0.1, 0.15) is 12.4 Å². The van der Waals surface area contributed by atoms with Crippen LogP contribution in [0, 0.1) is 10.1 Å². The van der Waals surface area contributed by atoms with Crippen LogP contribution in [0.2, 0.25) is 0 Å². The van der Waals surface area contributed by atoms with E-state index in [4.69, 9.17) is 4.74 Å². The fourth-order valence-electron chi connectivity index (χ4n) is 1.93. The third-order valence-corrected chi connectivity index (χ3v) is 2.89. The molecule has 0 saturated carbocycles. The number of hydrogen-bond donors (Lipinski definition) is 0. The number of nitrogens with zero attached hydrogens (tertiary/aromatic N) is 4. The van der Waals surface area contributed by atoms with Gasteiger partial charge in [0.25, 0.3) is 0 Å². The second kappa shape index (κ2) is 5.24. The first-order chi connectivity index (χ1) is 8.19. The quantitative estimate of drug-likeness (QED) is 0.566. The third-order valence-electron chi connectivity index (χ3n) is 2.89. The van der Waals surface area contributed by atoms with E-state index in [1.54, 1.807) is 4.68 Å². The molecule has 1 aromatic heterocycles. The zero-order chi connectivity index (χ0) is 12.3. The van der Waals surface area contributed by atoms with Gasteiger partial charge in [-0.3, -0.25) is 19.7 Å². The molecule has 0 N–H and O–H groups in total. The van der Waals surface area contributed by atoms with Crippen molar-refractivity contribution in [1.82, 2.24) is 14.7 Å². The standard InChI is InChI=1S/C10H16N4O3/c1-2-12-3-4-17-10(7-12)8-13-6-9(5-11-13)14(15)16/h5-6,10H,2-4,7-8H2,1H3. The predicted octanol–water partition coefficient (Wildman–Crippen LogP) is 0.512. The number of rotatable bonds is 4. The molecule has 7 heteroatoms. The maximum atomic E-state index is 10.5. The van der Waals surface area contributed by atoms with Crippen LogP contribution < -0.4 is 0 Å². The maximum Gasteiger partial charge on any atom is 0.306 e. The van der Waals surface area contributed by atoms with E-state index in [9.17, 15) is 10.1 Å². The molecule has 2 heterocycles. The average molecular weight is 240 g/mol. The van der Waals surface area contributed by atoms with Crippen LogP contribution >= 0.6 is 0 Å². The molecule has 0 aliphatic carbocycles. The molecule has 17 heavy (non-hydrogen) atoms. The molecular weight excluding hydrogens is 224 g/mol. The molecule has 0 aromatic carbocycles. The lowest BCUT2D eigenvalue weighted by molar-refractivity contribution is -0.385. The van der Waals surface area contributed by atoms with Crippen molar-refractivity contribution in [3.8, 4) is 0 Å². The Morgan fingerprint density at radius 2 is 2.53 bits per heavy atom. The van der Waals surface area contributed by atoms with Gasteiger partial charge in [0.05, 0.1) is 24.2 Å². The molecule has 7 nitrogen and oxygen atoms in total. The van der Waals surface area contributed by atoms with Gasteiger partial charge in [-0.2, -0.15) is 5.10 Å². The first-order valence-corrected chi connectivity index (χ1v) is 5.70. The van der Waals surface area contributed by atoms with Crippen molar-refractivity contribution in [2.24, 2.45) is 0 Å². The minimum absolute atomic E-state index is 0.0214. The van der Waals surface area contributed by atoms with Crippen LogP contribution in [0.5, 0.6) is 0 Å². The highest BCUT2D eigenvalue weighted by Gasteiger charge is 2.20. The number of aromatic nitrogens is 2. The van der Waals surface area contributed by atoms with Gasteiger partial charge < -0.3 is 4.74 Å². The van der Waals surface area contributed by atoms with E-state index in [0.29, 0.717) is 13.2 Å². The molecule has 1 saturated heterocycles. The van der Waals surface area contributed by atoms with E-state index in [1.165, 1.54) is 12.4 Å². The van der Waals surface area contributed by atoms with Crippen molar-refractivity contribution < 1.29 is 9.66 Å². The number of ether oxygens (including phenoxy) is 1. The van der Waals surface area contributed by atoms with Crippen molar-refractivity contribution in [2.75, 3.05) is 26.2 Å². The SMILES string of the molecule is CCN1CCOC(Cn2cc([N+](=O)[O-])cn2)C1. The minimum Gasteiger partial charge on any atom is -0.374 e. The Morgan fingerprint density at radius 1 is 1.71 bits per heavy atom. The molecule has 1 fully saturated rings. The predicted molar refractivity (Wildman–Crippen MR) is 60.7 cm³/mol. The first kappa shape index (κ1) is 12.0. The Morgan fingerprint density at radius 3 is 3.18 bits per heavy atom. The first-order valence-electron chi connectivity index (χ1n) is 5.70. The van der Waals surface area contributed by atoms with Crippen molar-refractivity contribution in [2.45, 2.75) is 19.6 Å². The van der Waals surface area contributed by atoms with Crippen LogP contribution in [-0.2, 0) is 11.3 Å². The Kier molecular flexibility index (Phi) is 3.70. The number of hydrogen-bond acceptors (Lipinski definition) is 5. The van der Waals surface area contributed by atoms with Gasteiger partial charge in [-0.05, 0) is 6.54 Å². The zero-order valence-electron chi connectivity index (χ0n) is 9.78. The number of nitro groups is 1. The highest BCUT2D eigenvalue weighted by atomic mass is 16.6. The van der Waals surface area contributed by atoms with E-state index in [1.807, 2.05) is 0 Å². The van der Waals surface area contributed by atoms with E-state index >= 15 is 0 Å². The summed E-state index contributed by atoms with van der Waals surface area (Å²) < 4.78 is 7.18. The number of morpholine rings is 1. The Labute approximate surface area is 99.1 Å². The van der Waals surface area contributed by atoms with Gasteiger partial charge in [0.2, 0.25) is 0 Å². The van der Waals surface area contributed by atoms with Gasteiger partial charge >= 0.3 is 5.69 Å². The van der Waals surface area contributed by atoms with Crippen LogP contribution in [0.1, 0.15) is 6.92 Å². The minimum atomic E-state index is -0.441. The molecule has 0 radical (unpaired) electrons. The van der Waals surface area contributed by atoms with Gasteiger partial charge in [-0.15, -0.1) is 0 Å². The van der Waals surface area contributed by atoms with Crippen molar-refractivity contribution in [3.05, 3.63) is 22.5 Å². The van der Waals surface area contributed by atoms with Gasteiger partial charge in [0.15, 0.2) is 0 Å². The van der Waals surface area contributed by atoms with E-state index in [0.717, 1.165) is 19.6 Å². The van der Waals surface area contributed by atoms with Crippen LogP contribution in [-0.4, -0.2) is 51.9 Å². The summed E-state index contributed by atoms with van der Waals surface area (Å²) >= 11 is 0. The molecule has 94 valence electrons. The van der Waals surface area contributed by atoms with Crippen molar-refractivity contribution in [3.63, 3.8) is 0 Å². The molecule has 0 bridgehead atoms. The van der Waals surface area contributed by atoms with E-state index < -0.39 is 4.92 Å². The molecule has 1 aromatic rings. The summed E-state index contributed by atoms with van der Waals surface area (Å²) in [6, 6.07) is 0. The van der Waals surface area contributed by atoms with Crippen LogP contribution in [0.4, 0.5) is 5.69 Å². The molecule has 1 aliphatic heterocycles. The summed E-state index contributed by atoms with van der Waals surface area (Å²) in [5.41, 5.74) is 0.0214. The van der Waals surface area contributed by atoms with Crippen LogP contribution in [0.25, 0.3) is 0 Å². The van der Waals surface area contributed by atoms with Crippen LogP contribution in [0.3, 0.4) is 0 Å². The summed E-state index contributed by atoms with van der Waals surface area (Å²) in [6.45, 7) is 6.18. The largest absolute Gasteiger partial charge is 0.374 e. The highest BCUT2D eigenvalue weighted by molar-refractivity contribution is 5.20. The molecule has 1 atom stereocenters. The Hall–Kier alpha value is -1.47. The lowest BCUT2D eigenvalue weighted by Gasteiger charge is -2.31. The molecule has 0 amide bonds. The van der Waals surface area contributed by atoms with Gasteiger partial charge in [-0.25, -0.2) is 0 Å². The lowest BCUT2D eigenvalue weighted by Crippen LogP contribution is -2.44. The fourth-order valence-corrected chi connectivity index (χ4v) is 1.93. The molecule has 0 spiro atoms. The maximum absolute atomic E-state index is 10.5. The summed E-state index contributed by atoms with van der Waals surface area (Å²) in [4.78, 5) is 12.4. The molecule has 2 rings (SSSR count). The fraction of sp³-hybridized carbons (Fsp3) is 0.700. The highest BCUT2D eigenvalue weighted by Crippen LogP contribution is 2.11. The molecular formula is C10H16N4O3. The Balaban J connectivity index is 1.93. The van der Waals surface area contributed by atoms with Crippen molar-refractivity contribution in [1.29, 1.82) is 0 Å². The van der Waals surface area contributed by atoms with Gasteiger partial charge in [0, 0.05) is 13.1 Å². The summed E-state index contributed by atoms with van der Waals surface area (Å²) in [5.74, 6) is 0. The normalized spacial score (nSPS) is 21.6. The second-order valence-electron chi connectivity index (χ2n) is 4.06. The monoisotopic (exact) mass is 240 g/mol. The van der Waals surface area contributed by atoms with Crippen LogP contribution in [0.15, 0.2) is 12.4 Å². The zero-order valence-corrected chi connectivity index (χ0v) is 9.78. The van der Waals surface area contributed by atoms with E-state index in [2.05, 4.69) is 16.9 Å². The summed E-state index contributed by atoms with van der Waals surface area (Å²) in [5, 5.41) is 14.5. The lowest BCUT2D eigenvalue weighted by atomic mass is 10.2. The topological polar surface area (TPSA) is 73.4 Å². The third kappa shape index (κ3) is 3.01. The van der Waals surface area contributed by atoms with E-state index in [-0.39, 0.29) is 11.8 Å². The smallest absolute Gasteiger partial charge is 0.306 e. The molecule has 1 unspecified atom stereocenters. The summed E-state index contributed by atoms with van der Waals surface area (Å²) in [7, 11) is 0. The molecule has 1 aliphatic rings. The summed E-state index contributed by atoms with van der Waals surface area (Å²) in [6.07, 6.45) is 2.76. The number of likely N-dealkylation sites (N-methyl/N-ethyl adjacent to an activating group) is 1. The second-order valence-corrected chi connectivity index (χ2v) is 4.06. The average Bonchev–Trinajstić information content (AvgIpc) is 2.78. The van der Waals surface area contributed by atoms with Gasteiger partial charge in [-0.1, -0.05) is 6.92 Å². The van der Waals surface area contributed by atoms with Crippen molar-refractivity contribution >= 4 is 5.69 Å². The Bertz CT molecular complexity index is 393.